The lowest BCUT2D eigenvalue weighted by Gasteiger charge is -2.33. The molecule has 4 heteroatoms. The molecule has 1 fully saturated rings. The van der Waals surface area contributed by atoms with Gasteiger partial charge in [-0.25, -0.2) is 0 Å². The Kier molecular flexibility index (Phi) is 4.41. The van der Waals surface area contributed by atoms with Gasteiger partial charge in [-0.2, -0.15) is 0 Å². The number of carbonyl (C=O) groups excluding carboxylic acids is 1. The van der Waals surface area contributed by atoms with E-state index in [-0.39, 0.29) is 11.9 Å². The van der Waals surface area contributed by atoms with Crippen LogP contribution in [-0.4, -0.2) is 34.5 Å². The van der Waals surface area contributed by atoms with Crippen molar-refractivity contribution < 1.29 is 14.7 Å². The second-order valence-corrected chi connectivity index (χ2v) is 6.75. The Hall–Kier alpha value is -1.06. The van der Waals surface area contributed by atoms with Gasteiger partial charge in [0, 0.05) is 12.6 Å². The second kappa shape index (κ2) is 5.29. The lowest BCUT2D eigenvalue weighted by Crippen LogP contribution is -2.47. The fourth-order valence-electron chi connectivity index (χ4n) is 2.21. The average molecular weight is 255 g/mol. The highest BCUT2D eigenvalue weighted by atomic mass is 16.4. The molecule has 1 amide bonds. The van der Waals surface area contributed by atoms with Gasteiger partial charge in [-0.3, -0.25) is 9.59 Å². The van der Waals surface area contributed by atoms with Crippen LogP contribution < -0.4 is 0 Å². The van der Waals surface area contributed by atoms with Gasteiger partial charge in [-0.05, 0) is 24.2 Å². The molecule has 1 atom stereocenters. The zero-order valence-corrected chi connectivity index (χ0v) is 12.1. The van der Waals surface area contributed by atoms with E-state index in [4.69, 9.17) is 0 Å². The summed E-state index contributed by atoms with van der Waals surface area (Å²) < 4.78 is 0. The number of hydrogen-bond acceptors (Lipinski definition) is 2. The Labute approximate surface area is 109 Å². The number of hydrogen-bond donors (Lipinski definition) is 1. The van der Waals surface area contributed by atoms with Crippen molar-refractivity contribution in [2.75, 3.05) is 6.54 Å². The summed E-state index contributed by atoms with van der Waals surface area (Å²) in [6, 6.07) is 0.268. The van der Waals surface area contributed by atoms with E-state index in [1.807, 2.05) is 20.8 Å². The van der Waals surface area contributed by atoms with Gasteiger partial charge in [0.2, 0.25) is 5.91 Å². The highest BCUT2D eigenvalue weighted by molar-refractivity contribution is 5.98. The third-order valence-corrected chi connectivity index (χ3v) is 3.19. The first kappa shape index (κ1) is 15.0. The standard InChI is InChI=1S/C14H25NO3/c1-9(2)8-15(10-6-7-10)12(16)11(13(17)18)14(3,4)5/h9-11H,6-8H2,1-5H3,(H,17,18). The molecular formula is C14H25NO3. The number of aliphatic carboxylic acids is 1. The molecule has 0 aromatic heterocycles. The van der Waals surface area contributed by atoms with E-state index in [0.717, 1.165) is 12.8 Å². The molecule has 18 heavy (non-hydrogen) atoms. The van der Waals surface area contributed by atoms with Crippen LogP contribution in [0.1, 0.15) is 47.5 Å². The fourth-order valence-corrected chi connectivity index (χ4v) is 2.21. The first-order chi connectivity index (χ1) is 8.14. The van der Waals surface area contributed by atoms with Gasteiger partial charge in [0.05, 0.1) is 0 Å². The highest BCUT2D eigenvalue weighted by Crippen LogP contribution is 2.34. The van der Waals surface area contributed by atoms with Crippen LogP contribution in [0.25, 0.3) is 0 Å². The summed E-state index contributed by atoms with van der Waals surface area (Å²) in [5, 5.41) is 9.32. The predicted octanol–water partition coefficient (Wildman–Crippen LogP) is 2.38. The van der Waals surface area contributed by atoms with Crippen molar-refractivity contribution in [1.82, 2.24) is 4.90 Å². The first-order valence-electron chi connectivity index (χ1n) is 6.68. The van der Waals surface area contributed by atoms with Crippen molar-refractivity contribution in [2.45, 2.75) is 53.5 Å². The molecule has 0 heterocycles. The minimum Gasteiger partial charge on any atom is -0.481 e. The van der Waals surface area contributed by atoms with E-state index < -0.39 is 17.3 Å². The lowest BCUT2D eigenvalue weighted by atomic mass is 9.79. The van der Waals surface area contributed by atoms with Crippen molar-refractivity contribution in [3.63, 3.8) is 0 Å². The van der Waals surface area contributed by atoms with Crippen LogP contribution in [0, 0.1) is 17.3 Å². The van der Waals surface area contributed by atoms with Gasteiger partial charge in [0.15, 0.2) is 0 Å². The van der Waals surface area contributed by atoms with Crippen molar-refractivity contribution in [1.29, 1.82) is 0 Å². The highest BCUT2D eigenvalue weighted by Gasteiger charge is 2.44. The minimum absolute atomic E-state index is 0.216. The molecule has 1 unspecified atom stereocenters. The smallest absolute Gasteiger partial charge is 0.316 e. The zero-order chi connectivity index (χ0) is 14.1. The molecule has 0 radical (unpaired) electrons. The first-order valence-corrected chi connectivity index (χ1v) is 6.68. The summed E-state index contributed by atoms with van der Waals surface area (Å²) in [6.07, 6.45) is 2.02. The number of nitrogens with zero attached hydrogens (tertiary/aromatic N) is 1. The summed E-state index contributed by atoms with van der Waals surface area (Å²) in [4.78, 5) is 25.7. The number of amides is 1. The largest absolute Gasteiger partial charge is 0.481 e. The summed E-state index contributed by atoms with van der Waals surface area (Å²) in [7, 11) is 0. The number of rotatable bonds is 5. The second-order valence-electron chi connectivity index (χ2n) is 6.75. The van der Waals surface area contributed by atoms with Gasteiger partial charge in [-0.15, -0.1) is 0 Å². The maximum absolute atomic E-state index is 12.5. The quantitative estimate of drug-likeness (QED) is 0.767. The fraction of sp³-hybridized carbons (Fsp3) is 0.857. The van der Waals surface area contributed by atoms with Crippen molar-refractivity contribution in [2.24, 2.45) is 17.3 Å². The zero-order valence-electron chi connectivity index (χ0n) is 12.1. The van der Waals surface area contributed by atoms with E-state index in [1.54, 1.807) is 4.90 Å². The predicted molar refractivity (Wildman–Crippen MR) is 70.2 cm³/mol. The number of carboxylic acid groups (broad SMARTS) is 1. The van der Waals surface area contributed by atoms with E-state index >= 15 is 0 Å². The molecule has 0 aliphatic heterocycles. The van der Waals surface area contributed by atoms with Crippen molar-refractivity contribution in [3.8, 4) is 0 Å². The van der Waals surface area contributed by atoms with Crippen LogP contribution in [0.5, 0.6) is 0 Å². The number of carbonyl (C=O) groups is 2. The number of carboxylic acids is 1. The summed E-state index contributed by atoms with van der Waals surface area (Å²) in [6.45, 7) is 10.2. The normalized spacial score (nSPS) is 17.7. The van der Waals surface area contributed by atoms with Gasteiger partial charge in [0.25, 0.3) is 0 Å². The summed E-state index contributed by atoms with van der Waals surface area (Å²) in [5.74, 6) is -1.81. The van der Waals surface area contributed by atoms with Gasteiger partial charge >= 0.3 is 5.97 Å². The Bertz CT molecular complexity index is 326. The molecule has 0 aromatic carbocycles. The monoisotopic (exact) mass is 255 g/mol. The van der Waals surface area contributed by atoms with E-state index in [1.165, 1.54) is 0 Å². The molecule has 0 saturated heterocycles. The van der Waals surface area contributed by atoms with E-state index in [2.05, 4.69) is 13.8 Å². The van der Waals surface area contributed by atoms with Crippen LogP contribution in [-0.2, 0) is 9.59 Å². The maximum atomic E-state index is 12.5. The Morgan fingerprint density at radius 2 is 1.78 bits per heavy atom. The van der Waals surface area contributed by atoms with Gasteiger partial charge in [-0.1, -0.05) is 34.6 Å². The minimum atomic E-state index is -1.01. The van der Waals surface area contributed by atoms with Gasteiger partial charge < -0.3 is 10.0 Å². The molecule has 0 bridgehead atoms. The lowest BCUT2D eigenvalue weighted by molar-refractivity contribution is -0.156. The molecule has 0 aromatic rings. The molecule has 104 valence electrons. The molecule has 1 rings (SSSR count). The van der Waals surface area contributed by atoms with E-state index in [9.17, 15) is 14.7 Å². The third-order valence-electron chi connectivity index (χ3n) is 3.19. The Morgan fingerprint density at radius 1 is 1.28 bits per heavy atom. The van der Waals surface area contributed by atoms with Crippen LogP contribution in [0.2, 0.25) is 0 Å². The Balaban J connectivity index is 2.89. The van der Waals surface area contributed by atoms with Crippen LogP contribution in [0.3, 0.4) is 0 Å². The molecular weight excluding hydrogens is 230 g/mol. The molecule has 1 aliphatic carbocycles. The molecule has 1 aliphatic rings. The summed E-state index contributed by atoms with van der Waals surface area (Å²) >= 11 is 0. The molecule has 1 saturated carbocycles. The SMILES string of the molecule is CC(C)CN(C(=O)C(C(=O)O)C(C)(C)C)C1CC1. The summed E-state index contributed by atoms with van der Waals surface area (Å²) in [5.41, 5.74) is -0.549. The molecule has 4 nitrogen and oxygen atoms in total. The molecule has 1 N–H and O–H groups in total. The average Bonchev–Trinajstić information content (AvgIpc) is 2.93. The van der Waals surface area contributed by atoms with E-state index in [0.29, 0.717) is 12.5 Å². The van der Waals surface area contributed by atoms with Crippen molar-refractivity contribution >= 4 is 11.9 Å². The van der Waals surface area contributed by atoms with Crippen LogP contribution in [0.15, 0.2) is 0 Å². The topological polar surface area (TPSA) is 57.6 Å². The van der Waals surface area contributed by atoms with Crippen molar-refractivity contribution in [3.05, 3.63) is 0 Å². The third kappa shape index (κ3) is 3.72. The maximum Gasteiger partial charge on any atom is 0.316 e. The van der Waals surface area contributed by atoms with Gasteiger partial charge in [0.1, 0.15) is 5.92 Å². The van der Waals surface area contributed by atoms with Crippen LogP contribution >= 0.6 is 0 Å². The Morgan fingerprint density at radius 3 is 2.06 bits per heavy atom. The van der Waals surface area contributed by atoms with Crippen LogP contribution in [0.4, 0.5) is 0 Å². The molecule has 0 spiro atoms.